The highest BCUT2D eigenvalue weighted by atomic mass is 32.2. The van der Waals surface area contributed by atoms with E-state index in [-0.39, 0.29) is 18.9 Å². The molecule has 0 aliphatic heterocycles. The maximum atomic E-state index is 12.1. The number of nitrogens with zero attached hydrogens (tertiary/aromatic N) is 1. The quantitative estimate of drug-likeness (QED) is 0.817. The van der Waals surface area contributed by atoms with Gasteiger partial charge in [0, 0.05) is 13.0 Å². The maximum absolute atomic E-state index is 12.1. The van der Waals surface area contributed by atoms with Crippen molar-refractivity contribution in [3.05, 3.63) is 24.3 Å². The number of carbonyl (C=O) groups is 2. The van der Waals surface area contributed by atoms with E-state index in [9.17, 15) is 9.59 Å². The molecule has 6 heteroatoms. The third-order valence-corrected chi connectivity index (χ3v) is 3.06. The Bertz CT molecular complexity index is 451. The van der Waals surface area contributed by atoms with Crippen LogP contribution in [-0.2, 0) is 9.59 Å². The van der Waals surface area contributed by atoms with Crippen LogP contribution in [0, 0.1) is 0 Å². The molecule has 2 amide bonds. The highest BCUT2D eigenvalue weighted by molar-refractivity contribution is 7.99. The molecule has 0 aliphatic rings. The molecule has 104 valence electrons. The molecule has 1 rings (SSSR count). The summed E-state index contributed by atoms with van der Waals surface area (Å²) in [4.78, 5) is 24.6. The first-order chi connectivity index (χ1) is 9.10. The number of primary amides is 1. The molecule has 0 aromatic heterocycles. The second-order valence-electron chi connectivity index (χ2n) is 3.87. The van der Waals surface area contributed by atoms with Gasteiger partial charge in [-0.3, -0.25) is 9.59 Å². The van der Waals surface area contributed by atoms with Crippen LogP contribution in [-0.4, -0.2) is 37.5 Å². The molecule has 0 unspecified atom stereocenters. The zero-order chi connectivity index (χ0) is 14.3. The van der Waals surface area contributed by atoms with Gasteiger partial charge >= 0.3 is 0 Å². The lowest BCUT2D eigenvalue weighted by Crippen LogP contribution is -2.35. The Morgan fingerprint density at radius 3 is 2.63 bits per heavy atom. The number of amides is 2. The van der Waals surface area contributed by atoms with Crippen molar-refractivity contribution in [2.45, 2.75) is 6.42 Å². The first kappa shape index (κ1) is 15.4. The lowest BCUT2D eigenvalue weighted by molar-refractivity contribution is -0.118. The van der Waals surface area contributed by atoms with Crippen LogP contribution < -0.4 is 15.4 Å². The zero-order valence-corrected chi connectivity index (χ0v) is 11.9. The standard InChI is InChI=1S/C13H18N2O3S/c1-18-11-6-4-3-5-10(11)15(8-7-12(14)16)13(17)9-19-2/h3-6H,7-9H2,1-2H3,(H2,14,16). The maximum Gasteiger partial charge on any atom is 0.237 e. The summed E-state index contributed by atoms with van der Waals surface area (Å²) in [5.74, 6) is 0.438. The van der Waals surface area contributed by atoms with E-state index in [0.29, 0.717) is 17.2 Å². The van der Waals surface area contributed by atoms with E-state index in [0.717, 1.165) is 0 Å². The minimum Gasteiger partial charge on any atom is -0.495 e. The van der Waals surface area contributed by atoms with Crippen LogP contribution in [0.15, 0.2) is 24.3 Å². The topological polar surface area (TPSA) is 72.6 Å². The number of para-hydroxylation sites is 2. The van der Waals surface area contributed by atoms with Crippen LogP contribution in [0.4, 0.5) is 5.69 Å². The van der Waals surface area contributed by atoms with Gasteiger partial charge in [-0.25, -0.2) is 0 Å². The molecule has 19 heavy (non-hydrogen) atoms. The number of anilines is 1. The van der Waals surface area contributed by atoms with E-state index in [2.05, 4.69) is 0 Å². The Morgan fingerprint density at radius 1 is 1.37 bits per heavy atom. The minimum absolute atomic E-state index is 0.0711. The Kier molecular flexibility index (Phi) is 6.21. The fourth-order valence-electron chi connectivity index (χ4n) is 1.66. The molecule has 0 atom stereocenters. The lowest BCUT2D eigenvalue weighted by Gasteiger charge is -2.23. The summed E-state index contributed by atoms with van der Waals surface area (Å²) in [6, 6.07) is 7.21. The minimum atomic E-state index is -0.433. The van der Waals surface area contributed by atoms with Crippen molar-refractivity contribution in [1.82, 2.24) is 0 Å². The van der Waals surface area contributed by atoms with Crippen LogP contribution in [0.1, 0.15) is 6.42 Å². The van der Waals surface area contributed by atoms with Gasteiger partial charge in [-0.15, -0.1) is 0 Å². The van der Waals surface area contributed by atoms with Crippen molar-refractivity contribution in [3.8, 4) is 5.75 Å². The summed E-state index contributed by atoms with van der Waals surface area (Å²) in [6.45, 7) is 0.259. The number of rotatable bonds is 7. The van der Waals surface area contributed by atoms with Gasteiger partial charge in [0.2, 0.25) is 11.8 Å². The molecule has 2 N–H and O–H groups in total. The third-order valence-electron chi connectivity index (χ3n) is 2.53. The average molecular weight is 282 g/mol. The predicted molar refractivity (Wildman–Crippen MR) is 77.5 cm³/mol. The molecule has 0 radical (unpaired) electrons. The summed E-state index contributed by atoms with van der Waals surface area (Å²) in [6.07, 6.45) is 1.98. The number of thioether (sulfide) groups is 1. The SMILES string of the molecule is COc1ccccc1N(CCC(N)=O)C(=O)CSC. The fraction of sp³-hybridized carbons (Fsp3) is 0.385. The van der Waals surface area contributed by atoms with Crippen molar-refractivity contribution in [3.63, 3.8) is 0 Å². The van der Waals surface area contributed by atoms with Crippen LogP contribution in [0.5, 0.6) is 5.75 Å². The molecule has 0 bridgehead atoms. The Labute approximate surface area is 117 Å². The third kappa shape index (κ3) is 4.48. The fourth-order valence-corrected chi connectivity index (χ4v) is 2.06. The zero-order valence-electron chi connectivity index (χ0n) is 11.1. The number of carbonyl (C=O) groups excluding carboxylic acids is 2. The second kappa shape index (κ2) is 7.68. The van der Waals surface area contributed by atoms with Gasteiger partial charge in [0.05, 0.1) is 18.6 Å². The van der Waals surface area contributed by atoms with E-state index >= 15 is 0 Å². The van der Waals surface area contributed by atoms with E-state index < -0.39 is 5.91 Å². The van der Waals surface area contributed by atoms with Gasteiger partial charge < -0.3 is 15.4 Å². The van der Waals surface area contributed by atoms with Crippen LogP contribution in [0.3, 0.4) is 0 Å². The van der Waals surface area contributed by atoms with Gasteiger partial charge in [-0.2, -0.15) is 11.8 Å². The summed E-state index contributed by atoms with van der Waals surface area (Å²) < 4.78 is 5.24. The second-order valence-corrected chi connectivity index (χ2v) is 4.73. The van der Waals surface area contributed by atoms with Gasteiger partial charge in [0.1, 0.15) is 5.75 Å². The Hall–Kier alpha value is -1.69. The Balaban J connectivity index is 3.00. The molecule has 5 nitrogen and oxygen atoms in total. The van der Waals surface area contributed by atoms with Gasteiger partial charge in [-0.05, 0) is 18.4 Å². The average Bonchev–Trinajstić information content (AvgIpc) is 2.39. The first-order valence-corrected chi connectivity index (χ1v) is 7.20. The van der Waals surface area contributed by atoms with Crippen molar-refractivity contribution in [2.75, 3.05) is 30.6 Å². The van der Waals surface area contributed by atoms with Crippen LogP contribution in [0.2, 0.25) is 0 Å². The summed E-state index contributed by atoms with van der Waals surface area (Å²) >= 11 is 1.43. The van der Waals surface area contributed by atoms with Crippen molar-refractivity contribution < 1.29 is 14.3 Å². The number of hydrogen-bond acceptors (Lipinski definition) is 4. The first-order valence-electron chi connectivity index (χ1n) is 5.80. The number of nitrogens with two attached hydrogens (primary N) is 1. The molecular formula is C13H18N2O3S. The van der Waals surface area contributed by atoms with Gasteiger partial charge in [0.15, 0.2) is 0 Å². The normalized spacial score (nSPS) is 10.0. The monoisotopic (exact) mass is 282 g/mol. The van der Waals surface area contributed by atoms with Crippen molar-refractivity contribution in [1.29, 1.82) is 0 Å². The molecule has 0 saturated heterocycles. The van der Waals surface area contributed by atoms with Crippen LogP contribution in [0.25, 0.3) is 0 Å². The molecule has 1 aromatic rings. The summed E-state index contributed by atoms with van der Waals surface area (Å²) in [5.41, 5.74) is 5.81. The number of methoxy groups -OCH3 is 1. The highest BCUT2D eigenvalue weighted by Gasteiger charge is 2.19. The highest BCUT2D eigenvalue weighted by Crippen LogP contribution is 2.28. The summed E-state index contributed by atoms with van der Waals surface area (Å²) in [5, 5.41) is 0. The molecule has 0 saturated carbocycles. The lowest BCUT2D eigenvalue weighted by atomic mass is 10.2. The number of benzene rings is 1. The Morgan fingerprint density at radius 2 is 2.05 bits per heavy atom. The molecule has 0 fully saturated rings. The molecule has 0 aliphatic carbocycles. The largest absolute Gasteiger partial charge is 0.495 e. The van der Waals surface area contributed by atoms with E-state index in [4.69, 9.17) is 10.5 Å². The molecule has 0 spiro atoms. The predicted octanol–water partition coefficient (Wildman–Crippen LogP) is 1.27. The van der Waals surface area contributed by atoms with Gasteiger partial charge in [0.25, 0.3) is 0 Å². The van der Waals surface area contributed by atoms with E-state index in [1.54, 1.807) is 24.1 Å². The smallest absolute Gasteiger partial charge is 0.237 e. The molecule has 1 aromatic carbocycles. The van der Waals surface area contributed by atoms with E-state index in [1.807, 2.05) is 18.4 Å². The molecule has 0 heterocycles. The van der Waals surface area contributed by atoms with Gasteiger partial charge in [-0.1, -0.05) is 12.1 Å². The van der Waals surface area contributed by atoms with Crippen molar-refractivity contribution >= 4 is 29.3 Å². The molecular weight excluding hydrogens is 264 g/mol. The van der Waals surface area contributed by atoms with E-state index in [1.165, 1.54) is 11.8 Å². The van der Waals surface area contributed by atoms with Crippen molar-refractivity contribution in [2.24, 2.45) is 5.73 Å². The summed E-state index contributed by atoms with van der Waals surface area (Å²) in [7, 11) is 1.55. The number of ether oxygens (including phenoxy) is 1. The van der Waals surface area contributed by atoms with Crippen LogP contribution >= 0.6 is 11.8 Å². The number of hydrogen-bond donors (Lipinski definition) is 1.